The number of fused-ring (bicyclic) bond motifs is 1. The Kier molecular flexibility index (Phi) is 4.51. The van der Waals surface area contributed by atoms with Gasteiger partial charge in [-0.1, -0.05) is 44.2 Å². The first kappa shape index (κ1) is 16.7. The number of aromatic nitrogens is 4. The molecule has 0 aliphatic carbocycles. The number of aromatic amines is 1. The number of rotatable bonds is 6. The van der Waals surface area contributed by atoms with Gasteiger partial charge in [-0.3, -0.25) is 9.78 Å². The van der Waals surface area contributed by atoms with Crippen molar-refractivity contribution in [2.75, 3.05) is 5.32 Å². The molecule has 2 N–H and O–H groups in total. The SMILES string of the molecule is CC(C)C(Nc1nc2ncn(Cc3ccccc3)c2c(=O)[nH]1)C(=O)[O-]. The molecule has 3 aromatic rings. The summed E-state index contributed by atoms with van der Waals surface area (Å²) in [6.45, 7) is 3.96. The van der Waals surface area contributed by atoms with Crippen LogP contribution < -0.4 is 16.0 Å². The predicted molar refractivity (Wildman–Crippen MR) is 90.9 cm³/mol. The zero-order chi connectivity index (χ0) is 18.0. The molecule has 0 amide bonds. The first-order valence-electron chi connectivity index (χ1n) is 7.92. The first-order chi connectivity index (χ1) is 12.0. The number of H-pyrrole nitrogens is 1. The Bertz CT molecular complexity index is 946. The third-order valence-corrected chi connectivity index (χ3v) is 3.89. The highest BCUT2D eigenvalue weighted by atomic mass is 16.4. The van der Waals surface area contributed by atoms with E-state index in [0.29, 0.717) is 12.1 Å². The molecule has 1 aromatic carbocycles. The number of anilines is 1. The van der Waals surface area contributed by atoms with Gasteiger partial charge in [0.25, 0.3) is 5.56 Å². The van der Waals surface area contributed by atoms with Crippen LogP contribution in [0.5, 0.6) is 0 Å². The number of hydrogen-bond acceptors (Lipinski definition) is 6. The maximum absolute atomic E-state index is 12.4. The average molecular weight is 340 g/mol. The van der Waals surface area contributed by atoms with Crippen molar-refractivity contribution in [3.05, 3.63) is 52.6 Å². The van der Waals surface area contributed by atoms with Crippen LogP contribution in [-0.4, -0.2) is 31.5 Å². The van der Waals surface area contributed by atoms with Gasteiger partial charge in [0.05, 0.1) is 18.3 Å². The number of carboxylic acid groups (broad SMARTS) is 1. The van der Waals surface area contributed by atoms with Gasteiger partial charge in [0.1, 0.15) is 0 Å². The Hall–Kier alpha value is -3.16. The molecule has 130 valence electrons. The molecule has 0 spiro atoms. The van der Waals surface area contributed by atoms with Crippen LogP contribution >= 0.6 is 0 Å². The third-order valence-electron chi connectivity index (χ3n) is 3.89. The van der Waals surface area contributed by atoms with Crippen LogP contribution in [0.1, 0.15) is 19.4 Å². The molecule has 8 heteroatoms. The van der Waals surface area contributed by atoms with Crippen LogP contribution in [0.4, 0.5) is 5.95 Å². The molecular weight excluding hydrogens is 322 g/mol. The zero-order valence-electron chi connectivity index (χ0n) is 13.9. The molecular formula is C17H18N5O3-. The molecule has 0 fully saturated rings. The van der Waals surface area contributed by atoms with Crippen molar-refractivity contribution < 1.29 is 9.90 Å². The summed E-state index contributed by atoms with van der Waals surface area (Å²) >= 11 is 0. The van der Waals surface area contributed by atoms with Crippen LogP contribution in [0.2, 0.25) is 0 Å². The summed E-state index contributed by atoms with van der Waals surface area (Å²) in [5.74, 6) is -1.43. The fraction of sp³-hybridized carbons (Fsp3) is 0.294. The fourth-order valence-electron chi connectivity index (χ4n) is 2.60. The maximum atomic E-state index is 12.4. The van der Waals surface area contributed by atoms with Crippen molar-refractivity contribution in [1.82, 2.24) is 19.5 Å². The van der Waals surface area contributed by atoms with Crippen molar-refractivity contribution in [3.8, 4) is 0 Å². The summed E-state index contributed by atoms with van der Waals surface area (Å²) in [5, 5.41) is 13.9. The summed E-state index contributed by atoms with van der Waals surface area (Å²) in [6, 6.07) is 8.71. The van der Waals surface area contributed by atoms with Crippen molar-refractivity contribution in [1.29, 1.82) is 0 Å². The highest BCUT2D eigenvalue weighted by molar-refractivity contribution is 5.76. The minimum Gasteiger partial charge on any atom is -0.548 e. The van der Waals surface area contributed by atoms with Crippen molar-refractivity contribution >= 4 is 23.1 Å². The van der Waals surface area contributed by atoms with E-state index in [2.05, 4.69) is 20.3 Å². The van der Waals surface area contributed by atoms with Gasteiger partial charge in [0.2, 0.25) is 5.95 Å². The van der Waals surface area contributed by atoms with Gasteiger partial charge in [0.15, 0.2) is 11.2 Å². The summed E-state index contributed by atoms with van der Waals surface area (Å²) < 4.78 is 1.71. The maximum Gasteiger partial charge on any atom is 0.278 e. The van der Waals surface area contributed by atoms with Gasteiger partial charge in [0, 0.05) is 6.54 Å². The van der Waals surface area contributed by atoms with E-state index in [9.17, 15) is 14.7 Å². The molecule has 0 aliphatic heterocycles. The normalized spacial score (nSPS) is 12.4. The Morgan fingerprint density at radius 2 is 2.04 bits per heavy atom. The average Bonchev–Trinajstić information content (AvgIpc) is 2.96. The Morgan fingerprint density at radius 3 is 2.68 bits per heavy atom. The van der Waals surface area contributed by atoms with Crippen LogP contribution in [0.3, 0.4) is 0 Å². The summed E-state index contributed by atoms with van der Waals surface area (Å²) in [4.78, 5) is 34.6. The molecule has 0 saturated carbocycles. The number of carbonyl (C=O) groups is 1. The highest BCUT2D eigenvalue weighted by Gasteiger charge is 2.17. The lowest BCUT2D eigenvalue weighted by atomic mass is 10.1. The monoisotopic (exact) mass is 340 g/mol. The Labute approximate surface area is 143 Å². The fourth-order valence-corrected chi connectivity index (χ4v) is 2.60. The van der Waals surface area contributed by atoms with E-state index in [1.165, 1.54) is 0 Å². The molecule has 0 bridgehead atoms. The van der Waals surface area contributed by atoms with Gasteiger partial charge >= 0.3 is 0 Å². The zero-order valence-corrected chi connectivity index (χ0v) is 13.9. The quantitative estimate of drug-likeness (QED) is 0.669. The summed E-state index contributed by atoms with van der Waals surface area (Å²) in [5.41, 5.74) is 1.23. The minimum absolute atomic E-state index is 0.0605. The Balaban J connectivity index is 1.94. The molecule has 3 rings (SSSR count). The lowest BCUT2D eigenvalue weighted by Crippen LogP contribution is -2.44. The van der Waals surface area contributed by atoms with Crippen LogP contribution in [0, 0.1) is 5.92 Å². The van der Waals surface area contributed by atoms with Crippen molar-refractivity contribution in [2.45, 2.75) is 26.4 Å². The van der Waals surface area contributed by atoms with E-state index in [-0.39, 0.29) is 23.1 Å². The lowest BCUT2D eigenvalue weighted by Gasteiger charge is -2.23. The second-order valence-corrected chi connectivity index (χ2v) is 6.13. The van der Waals surface area contributed by atoms with E-state index < -0.39 is 12.0 Å². The molecule has 25 heavy (non-hydrogen) atoms. The second-order valence-electron chi connectivity index (χ2n) is 6.13. The van der Waals surface area contributed by atoms with E-state index in [1.807, 2.05) is 30.3 Å². The molecule has 0 saturated heterocycles. The van der Waals surface area contributed by atoms with Crippen molar-refractivity contribution in [3.63, 3.8) is 0 Å². The van der Waals surface area contributed by atoms with Crippen LogP contribution in [0.25, 0.3) is 11.2 Å². The molecule has 1 unspecified atom stereocenters. The number of nitrogens with zero attached hydrogens (tertiary/aromatic N) is 3. The molecule has 2 aromatic heterocycles. The standard InChI is InChI=1S/C17H19N5O3/c1-10(2)12(16(24)25)19-17-20-14-13(15(23)21-17)22(9-18-14)8-11-6-4-3-5-7-11/h3-7,9-10,12H,8H2,1-2H3,(H,24,25)(H2,19,20,21,23)/p-1. The second kappa shape index (κ2) is 6.76. The number of imidazole rings is 1. The number of aliphatic carboxylic acids is 1. The number of benzene rings is 1. The van der Waals surface area contributed by atoms with E-state index in [0.717, 1.165) is 5.56 Å². The van der Waals surface area contributed by atoms with E-state index in [1.54, 1.807) is 24.7 Å². The summed E-state index contributed by atoms with van der Waals surface area (Å²) in [6.07, 6.45) is 1.54. The summed E-state index contributed by atoms with van der Waals surface area (Å²) in [7, 11) is 0. The van der Waals surface area contributed by atoms with E-state index >= 15 is 0 Å². The molecule has 2 heterocycles. The molecule has 8 nitrogen and oxygen atoms in total. The molecule has 0 aliphatic rings. The highest BCUT2D eigenvalue weighted by Crippen LogP contribution is 2.12. The van der Waals surface area contributed by atoms with Gasteiger partial charge in [-0.05, 0) is 11.5 Å². The van der Waals surface area contributed by atoms with Gasteiger partial charge < -0.3 is 19.8 Å². The number of hydrogen-bond donors (Lipinski definition) is 2. The third kappa shape index (κ3) is 3.52. The molecule has 0 radical (unpaired) electrons. The van der Waals surface area contributed by atoms with E-state index in [4.69, 9.17) is 0 Å². The Morgan fingerprint density at radius 1 is 1.32 bits per heavy atom. The van der Waals surface area contributed by atoms with Gasteiger partial charge in [-0.25, -0.2) is 4.98 Å². The first-order valence-corrected chi connectivity index (χ1v) is 7.92. The molecule has 1 atom stereocenters. The largest absolute Gasteiger partial charge is 0.548 e. The number of nitrogens with one attached hydrogen (secondary N) is 2. The van der Waals surface area contributed by atoms with Crippen LogP contribution in [-0.2, 0) is 11.3 Å². The van der Waals surface area contributed by atoms with Crippen molar-refractivity contribution in [2.24, 2.45) is 5.92 Å². The number of carbonyl (C=O) groups excluding carboxylic acids is 1. The number of carboxylic acids is 1. The lowest BCUT2D eigenvalue weighted by molar-refractivity contribution is -0.307. The smallest absolute Gasteiger partial charge is 0.278 e. The minimum atomic E-state index is -1.26. The van der Waals surface area contributed by atoms with Gasteiger partial charge in [-0.15, -0.1) is 0 Å². The van der Waals surface area contributed by atoms with Gasteiger partial charge in [-0.2, -0.15) is 4.98 Å². The topological polar surface area (TPSA) is 116 Å². The van der Waals surface area contributed by atoms with Crippen LogP contribution in [0.15, 0.2) is 41.5 Å². The predicted octanol–water partition coefficient (Wildman–Crippen LogP) is 0.354.